The topological polar surface area (TPSA) is 73.6 Å². The van der Waals surface area contributed by atoms with Crippen LogP contribution in [0.1, 0.15) is 31.1 Å². The highest BCUT2D eigenvalue weighted by Gasteiger charge is 2.25. The minimum atomic E-state index is -3.07. The van der Waals surface area contributed by atoms with Crippen LogP contribution in [0.4, 0.5) is 14.5 Å². The minimum Gasteiger partial charge on any atom is -0.496 e. The molecule has 0 bridgehead atoms. The van der Waals surface area contributed by atoms with Crippen molar-refractivity contribution in [1.82, 2.24) is 5.32 Å². The highest BCUT2D eigenvalue weighted by molar-refractivity contribution is 6.00. The summed E-state index contributed by atoms with van der Waals surface area (Å²) < 4.78 is 34.2. The number of amides is 1. The summed E-state index contributed by atoms with van der Waals surface area (Å²) in [5.74, 6) is -0.828. The molecule has 0 saturated carbocycles. The van der Waals surface area contributed by atoms with E-state index in [1.807, 2.05) is 0 Å². The van der Waals surface area contributed by atoms with E-state index in [4.69, 9.17) is 10.5 Å². The van der Waals surface area contributed by atoms with Gasteiger partial charge in [0.25, 0.3) is 5.91 Å². The van der Waals surface area contributed by atoms with Gasteiger partial charge in [-0.15, -0.1) is 0 Å². The predicted octanol–water partition coefficient (Wildman–Crippen LogP) is 2.41. The molecule has 0 radical (unpaired) electrons. The molecule has 1 aromatic rings. The highest BCUT2D eigenvalue weighted by atomic mass is 19.3. The number of alkyl halides is 2. The Kier molecular flexibility index (Phi) is 4.75. The van der Waals surface area contributed by atoms with Crippen LogP contribution >= 0.6 is 0 Å². The van der Waals surface area contributed by atoms with Crippen LogP contribution < -0.4 is 20.5 Å². The van der Waals surface area contributed by atoms with Crippen molar-refractivity contribution in [3.8, 4) is 11.5 Å². The lowest BCUT2D eigenvalue weighted by Gasteiger charge is -2.22. The molecule has 7 heteroatoms. The van der Waals surface area contributed by atoms with Crippen molar-refractivity contribution in [2.45, 2.75) is 32.9 Å². The molecule has 1 rings (SSSR count). The molecule has 0 aliphatic heterocycles. The summed E-state index contributed by atoms with van der Waals surface area (Å²) in [5, 5.41) is 2.66. The second-order valence-corrected chi connectivity index (χ2v) is 5.18. The second-order valence-electron chi connectivity index (χ2n) is 5.18. The maximum absolute atomic E-state index is 12.4. The number of hydrogen-bond acceptors (Lipinski definition) is 4. The largest absolute Gasteiger partial charge is 0.496 e. The molecule has 1 aromatic carbocycles. The number of carbonyl (C=O) groups excluding carboxylic acids is 1. The summed E-state index contributed by atoms with van der Waals surface area (Å²) in [5.41, 5.74) is 5.08. The van der Waals surface area contributed by atoms with Gasteiger partial charge in [-0.05, 0) is 20.8 Å². The van der Waals surface area contributed by atoms with Crippen LogP contribution in [0.2, 0.25) is 0 Å². The van der Waals surface area contributed by atoms with Crippen molar-refractivity contribution in [3.05, 3.63) is 17.7 Å². The predicted molar refractivity (Wildman–Crippen MR) is 71.3 cm³/mol. The molecular formula is C13H18F2N2O3. The number of nitrogens with one attached hydrogen (secondary N) is 1. The molecule has 0 spiro atoms. The normalized spacial score (nSPS) is 11.3. The Morgan fingerprint density at radius 2 is 1.85 bits per heavy atom. The Morgan fingerprint density at radius 3 is 2.30 bits per heavy atom. The van der Waals surface area contributed by atoms with Gasteiger partial charge in [0, 0.05) is 23.4 Å². The number of ether oxygens (including phenoxy) is 2. The molecule has 0 atom stereocenters. The third-order valence-corrected chi connectivity index (χ3v) is 2.24. The first-order valence-corrected chi connectivity index (χ1v) is 5.89. The smallest absolute Gasteiger partial charge is 0.387 e. The van der Waals surface area contributed by atoms with Crippen LogP contribution in [0.3, 0.4) is 0 Å². The summed E-state index contributed by atoms with van der Waals surface area (Å²) in [6, 6.07) is 2.53. The lowest BCUT2D eigenvalue weighted by molar-refractivity contribution is -0.0502. The Bertz CT molecular complexity index is 499. The molecule has 0 heterocycles. The van der Waals surface area contributed by atoms with Crippen molar-refractivity contribution in [1.29, 1.82) is 0 Å². The molecule has 0 saturated heterocycles. The third kappa shape index (κ3) is 4.25. The fourth-order valence-electron chi connectivity index (χ4n) is 1.59. The van der Waals surface area contributed by atoms with E-state index in [9.17, 15) is 13.6 Å². The van der Waals surface area contributed by atoms with E-state index >= 15 is 0 Å². The Balaban J connectivity index is 3.29. The molecule has 112 valence electrons. The van der Waals surface area contributed by atoms with E-state index in [-0.39, 0.29) is 22.7 Å². The van der Waals surface area contributed by atoms with E-state index in [1.54, 1.807) is 20.8 Å². The van der Waals surface area contributed by atoms with Gasteiger partial charge in [0.1, 0.15) is 17.1 Å². The molecule has 0 aliphatic rings. The summed E-state index contributed by atoms with van der Waals surface area (Å²) in [6.45, 7) is 2.23. The Hall–Kier alpha value is -2.05. The van der Waals surface area contributed by atoms with Gasteiger partial charge in [0.05, 0.1) is 7.11 Å². The molecular weight excluding hydrogens is 270 g/mol. The zero-order chi connectivity index (χ0) is 15.5. The van der Waals surface area contributed by atoms with Gasteiger partial charge in [0.15, 0.2) is 0 Å². The highest BCUT2D eigenvalue weighted by Crippen LogP contribution is 2.33. The zero-order valence-electron chi connectivity index (χ0n) is 11.8. The molecule has 0 aromatic heterocycles. The van der Waals surface area contributed by atoms with Gasteiger partial charge >= 0.3 is 6.61 Å². The van der Waals surface area contributed by atoms with Gasteiger partial charge in [-0.3, -0.25) is 4.79 Å². The molecule has 20 heavy (non-hydrogen) atoms. The first-order chi connectivity index (χ1) is 9.14. The summed E-state index contributed by atoms with van der Waals surface area (Å²) in [6.07, 6.45) is 0. The Morgan fingerprint density at radius 1 is 1.30 bits per heavy atom. The standard InChI is InChI=1S/C13H18F2N2O3/c1-13(2,3)17-11(18)10-8(19-4)5-7(16)6-9(10)20-12(14)15/h5-6,12H,16H2,1-4H3,(H,17,18). The van der Waals surface area contributed by atoms with E-state index in [2.05, 4.69) is 10.1 Å². The number of nitrogen functional groups attached to an aromatic ring is 1. The summed E-state index contributed by atoms with van der Waals surface area (Å²) in [4.78, 5) is 12.2. The summed E-state index contributed by atoms with van der Waals surface area (Å²) >= 11 is 0. The first-order valence-electron chi connectivity index (χ1n) is 5.89. The molecule has 0 unspecified atom stereocenters. The van der Waals surface area contributed by atoms with Crippen molar-refractivity contribution >= 4 is 11.6 Å². The van der Waals surface area contributed by atoms with Crippen LogP contribution in [0.5, 0.6) is 11.5 Å². The van der Waals surface area contributed by atoms with Crippen molar-refractivity contribution < 1.29 is 23.0 Å². The fourth-order valence-corrected chi connectivity index (χ4v) is 1.59. The molecule has 5 nitrogen and oxygen atoms in total. The number of halogens is 2. The van der Waals surface area contributed by atoms with E-state index in [0.29, 0.717) is 0 Å². The maximum Gasteiger partial charge on any atom is 0.387 e. The average Bonchev–Trinajstić information content (AvgIpc) is 2.24. The number of nitrogens with two attached hydrogens (primary N) is 1. The number of anilines is 1. The van der Waals surface area contributed by atoms with Crippen molar-refractivity contribution in [3.63, 3.8) is 0 Å². The van der Waals surface area contributed by atoms with Crippen molar-refractivity contribution in [2.24, 2.45) is 0 Å². The van der Waals surface area contributed by atoms with E-state index < -0.39 is 18.1 Å². The summed E-state index contributed by atoms with van der Waals surface area (Å²) in [7, 11) is 1.31. The van der Waals surface area contributed by atoms with Crippen LogP contribution in [-0.4, -0.2) is 25.2 Å². The molecule has 0 fully saturated rings. The van der Waals surface area contributed by atoms with Gasteiger partial charge in [-0.25, -0.2) is 0 Å². The zero-order valence-corrected chi connectivity index (χ0v) is 11.8. The van der Waals surface area contributed by atoms with E-state index in [0.717, 1.165) is 6.07 Å². The van der Waals surface area contributed by atoms with Gasteiger partial charge in [-0.1, -0.05) is 0 Å². The van der Waals surface area contributed by atoms with E-state index in [1.165, 1.54) is 13.2 Å². The second kappa shape index (κ2) is 5.94. The SMILES string of the molecule is COc1cc(N)cc(OC(F)F)c1C(=O)NC(C)(C)C. The monoisotopic (exact) mass is 288 g/mol. The number of methoxy groups -OCH3 is 1. The maximum atomic E-state index is 12.4. The van der Waals surface area contributed by atoms with Crippen LogP contribution in [0, 0.1) is 0 Å². The number of benzene rings is 1. The van der Waals surface area contributed by atoms with Crippen molar-refractivity contribution in [2.75, 3.05) is 12.8 Å². The lowest BCUT2D eigenvalue weighted by atomic mass is 10.1. The third-order valence-electron chi connectivity index (χ3n) is 2.24. The average molecular weight is 288 g/mol. The van der Waals surface area contributed by atoms with Crippen LogP contribution in [0.15, 0.2) is 12.1 Å². The quantitative estimate of drug-likeness (QED) is 0.834. The molecule has 3 N–H and O–H groups in total. The van der Waals surface area contributed by atoms with Crippen LogP contribution in [-0.2, 0) is 0 Å². The first kappa shape index (κ1) is 16.0. The Labute approximate surface area is 116 Å². The molecule has 0 aliphatic carbocycles. The minimum absolute atomic E-state index is 0.0717. The van der Waals surface area contributed by atoms with Gasteiger partial charge < -0.3 is 20.5 Å². The van der Waals surface area contributed by atoms with Crippen LogP contribution in [0.25, 0.3) is 0 Å². The fraction of sp³-hybridized carbons (Fsp3) is 0.462. The number of rotatable bonds is 4. The molecule has 1 amide bonds. The number of hydrogen-bond donors (Lipinski definition) is 2. The number of carbonyl (C=O) groups is 1. The lowest BCUT2D eigenvalue weighted by Crippen LogP contribution is -2.40. The van der Waals surface area contributed by atoms with Gasteiger partial charge in [-0.2, -0.15) is 8.78 Å². The van der Waals surface area contributed by atoms with Gasteiger partial charge in [0.2, 0.25) is 0 Å².